The molecule has 32 heavy (non-hydrogen) atoms. The Hall–Kier alpha value is -2.82. The summed E-state index contributed by atoms with van der Waals surface area (Å²) in [5.41, 5.74) is 5.28. The third-order valence-electron chi connectivity index (χ3n) is 4.62. The van der Waals surface area contributed by atoms with Crippen LogP contribution in [-0.2, 0) is 20.7 Å². The number of esters is 1. The van der Waals surface area contributed by atoms with Crippen molar-refractivity contribution in [1.82, 2.24) is 14.9 Å². The minimum Gasteiger partial charge on any atom is -0.466 e. The lowest BCUT2D eigenvalue weighted by Gasteiger charge is -2.25. The predicted molar refractivity (Wildman–Crippen MR) is 122 cm³/mol. The number of H-pyrrole nitrogens is 1. The minimum absolute atomic E-state index is 0.0580. The van der Waals surface area contributed by atoms with Crippen LogP contribution < -0.4 is 27.2 Å². The number of methoxy groups -OCH3 is 1. The number of amides is 1. The van der Waals surface area contributed by atoms with E-state index in [2.05, 4.69) is 10.3 Å². The van der Waals surface area contributed by atoms with Gasteiger partial charge in [0.1, 0.15) is 5.69 Å². The number of rotatable bonds is 11. The quantitative estimate of drug-likeness (QED) is 0.304. The van der Waals surface area contributed by atoms with Crippen LogP contribution in [0.3, 0.4) is 0 Å². The lowest BCUT2D eigenvalue weighted by molar-refractivity contribution is -0.148. The standard InChI is InChI=1S/C20H25Cl2N5O5/c1-32-19(30)16(24-17(28)14(23)11-13-5-3-2-4-6-13)27-12-15(18(29)25-20(27)31)26(9-7-21)10-8-22/h2-6,12,14,16H,7-11,23H2,1H3,(H,24,28)(H,25,29,31)/t14-,16?/m0/s1. The van der Waals surface area contributed by atoms with E-state index < -0.39 is 35.3 Å². The summed E-state index contributed by atoms with van der Waals surface area (Å²) in [6.45, 7) is 0.541. The topological polar surface area (TPSA) is 140 Å². The zero-order valence-electron chi connectivity index (χ0n) is 17.4. The highest BCUT2D eigenvalue weighted by Crippen LogP contribution is 2.11. The molecule has 1 unspecified atom stereocenters. The molecule has 1 aromatic carbocycles. The second-order valence-corrected chi connectivity index (χ2v) is 7.53. The van der Waals surface area contributed by atoms with Gasteiger partial charge >= 0.3 is 11.7 Å². The van der Waals surface area contributed by atoms with Crippen LogP contribution in [0.15, 0.2) is 46.1 Å². The van der Waals surface area contributed by atoms with Crippen molar-refractivity contribution < 1.29 is 14.3 Å². The SMILES string of the molecule is COC(=O)C(NC(=O)[C@@H](N)Cc1ccccc1)n1cc(N(CCCl)CCCl)c(=O)[nH]c1=O. The molecule has 2 aromatic rings. The first-order chi connectivity index (χ1) is 15.3. The van der Waals surface area contributed by atoms with E-state index in [1.807, 2.05) is 30.3 Å². The first-order valence-electron chi connectivity index (χ1n) is 9.72. The maximum atomic E-state index is 12.7. The fourth-order valence-corrected chi connectivity index (χ4v) is 3.41. The molecule has 0 aliphatic carbocycles. The smallest absolute Gasteiger partial charge is 0.350 e. The Morgan fingerprint density at radius 3 is 2.38 bits per heavy atom. The number of carbonyl (C=O) groups excluding carboxylic acids is 2. The van der Waals surface area contributed by atoms with Crippen LogP contribution in [0.25, 0.3) is 0 Å². The average Bonchev–Trinajstić information content (AvgIpc) is 2.78. The lowest BCUT2D eigenvalue weighted by Crippen LogP contribution is -2.50. The van der Waals surface area contributed by atoms with Gasteiger partial charge in [-0.05, 0) is 12.0 Å². The van der Waals surface area contributed by atoms with Crippen LogP contribution in [0.5, 0.6) is 0 Å². The van der Waals surface area contributed by atoms with E-state index in [4.69, 9.17) is 33.7 Å². The number of carbonyl (C=O) groups is 2. The number of alkyl halides is 2. The van der Waals surface area contributed by atoms with Crippen LogP contribution in [0.2, 0.25) is 0 Å². The number of anilines is 1. The van der Waals surface area contributed by atoms with Gasteiger partial charge in [-0.25, -0.2) is 9.59 Å². The number of nitrogens with one attached hydrogen (secondary N) is 2. The second-order valence-electron chi connectivity index (χ2n) is 6.78. The third kappa shape index (κ3) is 6.59. The average molecular weight is 486 g/mol. The fourth-order valence-electron chi connectivity index (χ4n) is 3.00. The lowest BCUT2D eigenvalue weighted by atomic mass is 10.1. The molecule has 2 atom stereocenters. The number of hydrogen-bond donors (Lipinski definition) is 3. The monoisotopic (exact) mass is 485 g/mol. The molecule has 4 N–H and O–H groups in total. The zero-order valence-corrected chi connectivity index (χ0v) is 18.9. The third-order valence-corrected chi connectivity index (χ3v) is 4.95. The molecule has 1 heterocycles. The van der Waals surface area contributed by atoms with Crippen molar-refractivity contribution in [3.8, 4) is 0 Å². The van der Waals surface area contributed by atoms with Crippen LogP contribution in [-0.4, -0.2) is 59.4 Å². The van der Waals surface area contributed by atoms with Gasteiger partial charge in [-0.3, -0.25) is 19.1 Å². The van der Waals surface area contributed by atoms with E-state index >= 15 is 0 Å². The molecule has 1 aromatic heterocycles. The van der Waals surface area contributed by atoms with E-state index in [0.29, 0.717) is 0 Å². The summed E-state index contributed by atoms with van der Waals surface area (Å²) in [4.78, 5) is 53.6. The molecule has 10 nitrogen and oxygen atoms in total. The molecule has 174 valence electrons. The van der Waals surface area contributed by atoms with Crippen molar-refractivity contribution >= 4 is 40.8 Å². The predicted octanol–water partition coefficient (Wildman–Crippen LogP) is 0.178. The summed E-state index contributed by atoms with van der Waals surface area (Å²) < 4.78 is 5.61. The molecule has 2 rings (SSSR count). The Bertz CT molecular complexity index is 1020. The Balaban J connectivity index is 2.37. The van der Waals surface area contributed by atoms with Crippen molar-refractivity contribution in [1.29, 1.82) is 0 Å². The van der Waals surface area contributed by atoms with Crippen molar-refractivity contribution in [3.05, 3.63) is 62.9 Å². The molecule has 0 aliphatic heterocycles. The van der Waals surface area contributed by atoms with Crippen molar-refractivity contribution in [2.75, 3.05) is 36.9 Å². The van der Waals surface area contributed by atoms with Gasteiger partial charge in [0.15, 0.2) is 0 Å². The van der Waals surface area contributed by atoms with Gasteiger partial charge in [-0.1, -0.05) is 30.3 Å². The van der Waals surface area contributed by atoms with E-state index in [1.165, 1.54) is 0 Å². The number of benzene rings is 1. The van der Waals surface area contributed by atoms with Crippen LogP contribution >= 0.6 is 23.2 Å². The second kappa shape index (κ2) is 12.3. The number of nitrogens with zero attached hydrogens (tertiary/aromatic N) is 2. The van der Waals surface area contributed by atoms with Crippen LogP contribution in [0.4, 0.5) is 5.69 Å². The number of halogens is 2. The van der Waals surface area contributed by atoms with Crippen molar-refractivity contribution in [2.45, 2.75) is 18.6 Å². The Labute approximate surface area is 194 Å². The largest absolute Gasteiger partial charge is 0.466 e. The number of ether oxygens (including phenoxy) is 1. The Morgan fingerprint density at radius 1 is 1.19 bits per heavy atom. The normalized spacial score (nSPS) is 12.6. The fraction of sp³-hybridized carbons (Fsp3) is 0.400. The summed E-state index contributed by atoms with van der Waals surface area (Å²) in [5.74, 6) is -1.21. The molecule has 0 saturated heterocycles. The molecule has 1 amide bonds. The maximum Gasteiger partial charge on any atom is 0.350 e. The van der Waals surface area contributed by atoms with Gasteiger partial charge in [0, 0.05) is 31.0 Å². The summed E-state index contributed by atoms with van der Waals surface area (Å²) in [5, 5.41) is 2.43. The summed E-state index contributed by atoms with van der Waals surface area (Å²) in [6, 6.07) is 8.09. The molecule has 0 aliphatic rings. The number of nitrogens with two attached hydrogens (primary N) is 1. The minimum atomic E-state index is -1.55. The molecular weight excluding hydrogens is 461 g/mol. The van der Waals surface area contributed by atoms with Crippen molar-refractivity contribution in [3.63, 3.8) is 0 Å². The molecule has 0 bridgehead atoms. The highest BCUT2D eigenvalue weighted by Gasteiger charge is 2.28. The van der Waals surface area contributed by atoms with Gasteiger partial charge in [-0.2, -0.15) is 0 Å². The Kier molecular flexibility index (Phi) is 9.76. The maximum absolute atomic E-state index is 12.7. The summed E-state index contributed by atoms with van der Waals surface area (Å²) >= 11 is 11.6. The highest BCUT2D eigenvalue weighted by atomic mass is 35.5. The van der Waals surface area contributed by atoms with Gasteiger partial charge < -0.3 is 20.7 Å². The first kappa shape index (κ1) is 25.4. The molecule has 0 spiro atoms. The van der Waals surface area contributed by atoms with E-state index in [1.54, 1.807) is 4.90 Å². The van der Waals surface area contributed by atoms with Crippen LogP contribution in [0.1, 0.15) is 11.7 Å². The molecule has 0 radical (unpaired) electrons. The Morgan fingerprint density at radius 2 is 1.81 bits per heavy atom. The highest BCUT2D eigenvalue weighted by molar-refractivity contribution is 6.18. The molecular formula is C20H25Cl2N5O5. The molecule has 0 saturated carbocycles. The van der Waals surface area contributed by atoms with Gasteiger partial charge in [0.05, 0.1) is 13.2 Å². The number of aromatic amines is 1. The van der Waals surface area contributed by atoms with Crippen molar-refractivity contribution in [2.24, 2.45) is 5.73 Å². The van der Waals surface area contributed by atoms with E-state index in [-0.39, 0.29) is 37.0 Å². The number of hydrogen-bond acceptors (Lipinski definition) is 7. The van der Waals surface area contributed by atoms with E-state index in [9.17, 15) is 19.2 Å². The molecule has 12 heteroatoms. The summed E-state index contributed by atoms with van der Waals surface area (Å²) in [6.07, 6.45) is -0.178. The zero-order chi connectivity index (χ0) is 23.7. The molecule has 0 fully saturated rings. The van der Waals surface area contributed by atoms with Gasteiger partial charge in [-0.15, -0.1) is 23.2 Å². The first-order valence-corrected chi connectivity index (χ1v) is 10.8. The van der Waals surface area contributed by atoms with Gasteiger partial charge in [0.2, 0.25) is 12.1 Å². The summed E-state index contributed by atoms with van der Waals surface area (Å²) in [7, 11) is 1.11. The number of aromatic nitrogens is 2. The van der Waals surface area contributed by atoms with Crippen LogP contribution in [0, 0.1) is 0 Å². The van der Waals surface area contributed by atoms with E-state index in [0.717, 1.165) is 23.4 Å². The van der Waals surface area contributed by atoms with Gasteiger partial charge in [0.25, 0.3) is 5.56 Å².